The van der Waals surface area contributed by atoms with Crippen LogP contribution in [0.1, 0.15) is 43.6 Å². The molecule has 1 aliphatic carbocycles. The van der Waals surface area contributed by atoms with Gasteiger partial charge in [0, 0.05) is 19.5 Å². The number of esters is 1. The monoisotopic (exact) mass is 397 g/mol. The zero-order valence-electron chi connectivity index (χ0n) is 16.9. The van der Waals surface area contributed by atoms with Crippen molar-refractivity contribution in [2.24, 2.45) is 17.3 Å². The molecule has 1 saturated carbocycles. The van der Waals surface area contributed by atoms with Crippen LogP contribution in [0.5, 0.6) is 0 Å². The van der Waals surface area contributed by atoms with Gasteiger partial charge < -0.3 is 20.3 Å². The van der Waals surface area contributed by atoms with Crippen molar-refractivity contribution >= 4 is 12.0 Å². The van der Waals surface area contributed by atoms with E-state index in [0.717, 1.165) is 57.8 Å². The van der Waals surface area contributed by atoms with Gasteiger partial charge in [0.15, 0.2) is 0 Å². The van der Waals surface area contributed by atoms with Gasteiger partial charge in [-0.05, 0) is 62.1 Å². The van der Waals surface area contributed by atoms with Crippen LogP contribution in [0.3, 0.4) is 0 Å². The van der Waals surface area contributed by atoms with Crippen LogP contribution >= 0.6 is 0 Å². The number of ether oxygens (including phenoxy) is 1. The highest BCUT2D eigenvalue weighted by Crippen LogP contribution is 2.51. The maximum atomic E-state index is 12.8. The zero-order chi connectivity index (χ0) is 19.8. The molecule has 2 amide bonds. The van der Waals surface area contributed by atoms with Gasteiger partial charge in [-0.1, -0.05) is 30.3 Å². The molecule has 3 saturated heterocycles. The molecule has 1 spiro atoms. The maximum absolute atomic E-state index is 12.8. The van der Waals surface area contributed by atoms with Gasteiger partial charge in [0.25, 0.3) is 0 Å². The maximum Gasteiger partial charge on any atom is 0.317 e. The second-order valence-electron chi connectivity index (χ2n) is 9.36. The van der Waals surface area contributed by atoms with Crippen molar-refractivity contribution in [1.29, 1.82) is 0 Å². The number of fused-ring (bicyclic) bond motifs is 1. The number of piperidine rings is 2. The molecule has 3 aliphatic heterocycles. The van der Waals surface area contributed by atoms with Gasteiger partial charge in [0.2, 0.25) is 0 Å². The number of cyclic esters (lactones) is 1. The van der Waals surface area contributed by atoms with E-state index in [9.17, 15) is 9.59 Å². The molecule has 6 nitrogen and oxygen atoms in total. The largest absolute Gasteiger partial charge is 0.460 e. The number of likely N-dealkylation sites (tertiary alicyclic amines) is 1. The van der Waals surface area contributed by atoms with Gasteiger partial charge in [0.05, 0.1) is 12.0 Å². The first-order chi connectivity index (χ1) is 14.1. The molecule has 0 aromatic heterocycles. The lowest BCUT2D eigenvalue weighted by Crippen LogP contribution is -2.54. The first kappa shape index (κ1) is 18.9. The number of carbonyl (C=O) groups is 2. The third kappa shape index (κ3) is 3.52. The first-order valence-electron chi connectivity index (χ1n) is 11.1. The Morgan fingerprint density at radius 1 is 1.24 bits per heavy atom. The molecule has 1 aromatic rings. The number of carbonyl (C=O) groups excluding carboxylic acids is 2. The van der Waals surface area contributed by atoms with E-state index in [1.807, 2.05) is 4.90 Å². The van der Waals surface area contributed by atoms with E-state index in [1.165, 1.54) is 12.0 Å². The average molecular weight is 398 g/mol. The number of rotatable bonds is 3. The van der Waals surface area contributed by atoms with Crippen molar-refractivity contribution in [2.45, 2.75) is 44.1 Å². The predicted octanol–water partition coefficient (Wildman–Crippen LogP) is 2.51. The summed E-state index contributed by atoms with van der Waals surface area (Å²) >= 11 is 0. The Balaban J connectivity index is 1.13. The lowest BCUT2D eigenvalue weighted by atomic mass is 9.59. The molecule has 0 bridgehead atoms. The third-order valence-electron chi connectivity index (χ3n) is 7.76. The van der Waals surface area contributed by atoms with Crippen molar-refractivity contribution in [3.05, 3.63) is 35.9 Å². The summed E-state index contributed by atoms with van der Waals surface area (Å²) in [5.41, 5.74) is 1.08. The molecule has 3 heterocycles. The quantitative estimate of drug-likeness (QED) is 0.769. The number of hydrogen-bond donors (Lipinski definition) is 2. The minimum atomic E-state index is -0.326. The van der Waals surface area contributed by atoms with Crippen LogP contribution in [-0.4, -0.2) is 55.7 Å². The summed E-state index contributed by atoms with van der Waals surface area (Å²) in [6.45, 7) is 3.82. The molecule has 4 aliphatic rings. The van der Waals surface area contributed by atoms with E-state index in [0.29, 0.717) is 18.4 Å². The molecule has 5 rings (SSSR count). The van der Waals surface area contributed by atoms with Crippen LogP contribution < -0.4 is 10.6 Å². The molecule has 0 radical (unpaired) electrons. The van der Waals surface area contributed by atoms with Crippen LogP contribution in [0, 0.1) is 17.3 Å². The van der Waals surface area contributed by atoms with Crippen molar-refractivity contribution in [3.63, 3.8) is 0 Å². The first-order valence-corrected chi connectivity index (χ1v) is 11.1. The highest BCUT2D eigenvalue weighted by Gasteiger charge is 2.49. The number of amides is 2. The summed E-state index contributed by atoms with van der Waals surface area (Å²) in [4.78, 5) is 27.1. The Hall–Kier alpha value is -2.08. The minimum absolute atomic E-state index is 0.00975. The van der Waals surface area contributed by atoms with Crippen molar-refractivity contribution < 1.29 is 14.3 Å². The van der Waals surface area contributed by atoms with Crippen LogP contribution in [0.15, 0.2) is 30.3 Å². The number of nitrogens with zero attached hydrogens (tertiary/aromatic N) is 1. The van der Waals surface area contributed by atoms with Gasteiger partial charge >= 0.3 is 12.0 Å². The number of nitrogens with one attached hydrogen (secondary N) is 2. The summed E-state index contributed by atoms with van der Waals surface area (Å²) in [5, 5.41) is 6.35. The van der Waals surface area contributed by atoms with E-state index in [2.05, 4.69) is 41.0 Å². The van der Waals surface area contributed by atoms with Gasteiger partial charge in [-0.15, -0.1) is 0 Å². The Labute approximate surface area is 172 Å². The van der Waals surface area contributed by atoms with Crippen molar-refractivity contribution in [3.8, 4) is 0 Å². The summed E-state index contributed by atoms with van der Waals surface area (Å²) < 4.78 is 5.62. The van der Waals surface area contributed by atoms with Crippen LogP contribution in [0.4, 0.5) is 4.79 Å². The van der Waals surface area contributed by atoms with Crippen molar-refractivity contribution in [1.82, 2.24) is 15.5 Å². The fourth-order valence-corrected chi connectivity index (χ4v) is 5.93. The fourth-order valence-electron chi connectivity index (χ4n) is 5.93. The molecule has 4 atom stereocenters. The Bertz CT molecular complexity index is 762. The second-order valence-corrected chi connectivity index (χ2v) is 9.36. The smallest absolute Gasteiger partial charge is 0.317 e. The second kappa shape index (κ2) is 7.63. The molecule has 1 unspecified atom stereocenters. The molecule has 29 heavy (non-hydrogen) atoms. The zero-order valence-corrected chi connectivity index (χ0v) is 16.9. The predicted molar refractivity (Wildman–Crippen MR) is 109 cm³/mol. The van der Waals surface area contributed by atoms with E-state index in [4.69, 9.17) is 4.74 Å². The highest BCUT2D eigenvalue weighted by molar-refractivity contribution is 5.79. The average Bonchev–Trinajstić information content (AvgIpc) is 3.03. The molecule has 156 valence electrons. The molecular formula is C23H31N3O3. The van der Waals surface area contributed by atoms with Crippen LogP contribution in [0.2, 0.25) is 0 Å². The number of urea groups is 1. The lowest BCUT2D eigenvalue weighted by molar-refractivity contribution is -0.149. The summed E-state index contributed by atoms with van der Waals surface area (Å²) in [6, 6.07) is 10.7. The lowest BCUT2D eigenvalue weighted by Gasteiger charge is -2.51. The van der Waals surface area contributed by atoms with Crippen LogP contribution in [0.25, 0.3) is 0 Å². The summed E-state index contributed by atoms with van der Waals surface area (Å²) in [6.07, 6.45) is 4.56. The fraction of sp³-hybridized carbons (Fsp3) is 0.652. The Kier molecular flexibility index (Phi) is 4.98. The molecule has 4 fully saturated rings. The van der Waals surface area contributed by atoms with Gasteiger partial charge in [-0.25, -0.2) is 4.79 Å². The molecule has 1 aromatic carbocycles. The van der Waals surface area contributed by atoms with E-state index < -0.39 is 0 Å². The van der Waals surface area contributed by atoms with E-state index in [1.54, 1.807) is 0 Å². The third-order valence-corrected chi connectivity index (χ3v) is 7.76. The Morgan fingerprint density at radius 2 is 2.03 bits per heavy atom. The van der Waals surface area contributed by atoms with Crippen LogP contribution in [-0.2, 0) is 9.53 Å². The number of benzene rings is 1. The number of hydrogen-bond acceptors (Lipinski definition) is 4. The molecule has 6 heteroatoms. The van der Waals surface area contributed by atoms with E-state index >= 15 is 0 Å². The van der Waals surface area contributed by atoms with Crippen molar-refractivity contribution in [2.75, 3.05) is 32.7 Å². The van der Waals surface area contributed by atoms with Gasteiger partial charge in [0.1, 0.15) is 6.10 Å². The van der Waals surface area contributed by atoms with E-state index in [-0.39, 0.29) is 23.5 Å². The van der Waals surface area contributed by atoms with Gasteiger partial charge in [-0.3, -0.25) is 4.79 Å². The Morgan fingerprint density at radius 3 is 2.83 bits per heavy atom. The minimum Gasteiger partial charge on any atom is -0.460 e. The normalized spacial score (nSPS) is 33.0. The molecular weight excluding hydrogens is 366 g/mol. The van der Waals surface area contributed by atoms with Gasteiger partial charge in [-0.2, -0.15) is 0 Å². The SMILES string of the molecule is O=C(NCC1CC2(CCNCC2)C(=O)O1)N1CC[C@@H]2C[C@@H](c3ccccc3)[C@@H]2C1. The standard InChI is InChI=1S/C23H31N3O3/c27-21-23(7-9-24-10-8-23)13-18(29-21)14-25-22(28)26-11-6-17-12-19(20(17)15-26)16-4-2-1-3-5-16/h1-5,17-20,24H,6-15H2,(H,25,28)/t17-,18?,19+,20-/m1/s1. The highest BCUT2D eigenvalue weighted by atomic mass is 16.6. The topological polar surface area (TPSA) is 70.7 Å². The summed E-state index contributed by atoms with van der Waals surface area (Å²) in [5.74, 6) is 1.82. The molecule has 2 N–H and O–H groups in total. The summed E-state index contributed by atoms with van der Waals surface area (Å²) in [7, 11) is 0.